The van der Waals surface area contributed by atoms with E-state index in [0.717, 1.165) is 19.2 Å². The highest BCUT2D eigenvalue weighted by Crippen LogP contribution is 2.27. The van der Waals surface area contributed by atoms with Crippen molar-refractivity contribution < 1.29 is 4.79 Å². The SMILES string of the molecule is CC(CCN)SCC(=O)Nc1c(I)cc(I)cc1I. The minimum Gasteiger partial charge on any atom is -0.330 e. The average molecular weight is 616 g/mol. The minimum atomic E-state index is 0.0471. The first-order chi connectivity index (χ1) is 8.93. The second-order valence-corrected chi connectivity index (χ2v) is 8.99. The van der Waals surface area contributed by atoms with Crippen LogP contribution in [0.4, 0.5) is 5.69 Å². The zero-order valence-electron chi connectivity index (χ0n) is 10.4. The Morgan fingerprint density at radius 3 is 2.47 bits per heavy atom. The van der Waals surface area contributed by atoms with Gasteiger partial charge in [-0.05, 0) is 92.9 Å². The van der Waals surface area contributed by atoms with Gasteiger partial charge in [0.05, 0.1) is 11.4 Å². The molecule has 1 rings (SSSR count). The lowest BCUT2D eigenvalue weighted by Gasteiger charge is -2.12. The maximum absolute atomic E-state index is 11.9. The molecule has 7 heteroatoms. The van der Waals surface area contributed by atoms with Gasteiger partial charge in [0.2, 0.25) is 5.91 Å². The van der Waals surface area contributed by atoms with Gasteiger partial charge in [0.1, 0.15) is 0 Å². The van der Waals surface area contributed by atoms with Gasteiger partial charge < -0.3 is 11.1 Å². The van der Waals surface area contributed by atoms with Crippen LogP contribution in [0.3, 0.4) is 0 Å². The van der Waals surface area contributed by atoms with Gasteiger partial charge >= 0.3 is 0 Å². The van der Waals surface area contributed by atoms with Gasteiger partial charge in [-0.2, -0.15) is 0 Å². The van der Waals surface area contributed by atoms with Gasteiger partial charge in [0.25, 0.3) is 0 Å². The molecule has 1 atom stereocenters. The largest absolute Gasteiger partial charge is 0.330 e. The van der Waals surface area contributed by atoms with Gasteiger partial charge in [-0.15, -0.1) is 11.8 Å². The highest BCUT2D eigenvalue weighted by atomic mass is 127. The van der Waals surface area contributed by atoms with Crippen LogP contribution < -0.4 is 11.1 Å². The van der Waals surface area contributed by atoms with Gasteiger partial charge in [0, 0.05) is 16.0 Å². The van der Waals surface area contributed by atoms with E-state index in [4.69, 9.17) is 5.73 Å². The molecule has 19 heavy (non-hydrogen) atoms. The number of thioether (sulfide) groups is 1. The zero-order valence-corrected chi connectivity index (χ0v) is 17.7. The van der Waals surface area contributed by atoms with E-state index in [1.54, 1.807) is 11.8 Å². The van der Waals surface area contributed by atoms with Crippen molar-refractivity contribution >= 4 is 91.1 Å². The fourth-order valence-electron chi connectivity index (χ4n) is 1.37. The van der Waals surface area contributed by atoms with Gasteiger partial charge in [0.15, 0.2) is 0 Å². The Morgan fingerprint density at radius 1 is 1.37 bits per heavy atom. The topological polar surface area (TPSA) is 55.1 Å². The number of nitrogens with two attached hydrogens (primary N) is 1. The van der Waals surface area contributed by atoms with Crippen LogP contribution in [0.1, 0.15) is 13.3 Å². The smallest absolute Gasteiger partial charge is 0.234 e. The molecule has 0 aliphatic rings. The molecule has 0 heterocycles. The van der Waals surface area contributed by atoms with Gasteiger partial charge in [-0.3, -0.25) is 4.79 Å². The predicted molar refractivity (Wildman–Crippen MR) is 109 cm³/mol. The second kappa shape index (κ2) is 9.26. The molecule has 1 aromatic carbocycles. The lowest BCUT2D eigenvalue weighted by atomic mass is 10.3. The summed E-state index contributed by atoms with van der Waals surface area (Å²) in [6, 6.07) is 4.12. The number of hydrogen-bond donors (Lipinski definition) is 2. The maximum Gasteiger partial charge on any atom is 0.234 e. The number of carbonyl (C=O) groups excluding carboxylic acids is 1. The Morgan fingerprint density at radius 2 is 1.95 bits per heavy atom. The lowest BCUT2D eigenvalue weighted by Crippen LogP contribution is -2.18. The van der Waals surface area contributed by atoms with Crippen LogP contribution in [0.25, 0.3) is 0 Å². The Labute approximate surface area is 159 Å². The number of amides is 1. The summed E-state index contributed by atoms with van der Waals surface area (Å²) in [6.45, 7) is 2.77. The molecule has 0 bridgehead atoms. The molecule has 1 aromatic rings. The van der Waals surface area contributed by atoms with Crippen LogP contribution in [0.2, 0.25) is 0 Å². The summed E-state index contributed by atoms with van der Waals surface area (Å²) in [4.78, 5) is 11.9. The van der Waals surface area contributed by atoms with E-state index in [2.05, 4.69) is 92.1 Å². The lowest BCUT2D eigenvalue weighted by molar-refractivity contribution is -0.113. The molecule has 1 amide bonds. The van der Waals surface area contributed by atoms with E-state index in [1.807, 2.05) is 0 Å². The number of anilines is 1. The number of halogens is 3. The van der Waals surface area contributed by atoms with Crippen LogP contribution in [0.5, 0.6) is 0 Å². The van der Waals surface area contributed by atoms with Crippen LogP contribution in [0.15, 0.2) is 12.1 Å². The molecule has 1 unspecified atom stereocenters. The monoisotopic (exact) mass is 616 g/mol. The zero-order chi connectivity index (χ0) is 14.4. The molecule has 0 spiro atoms. The summed E-state index contributed by atoms with van der Waals surface area (Å²) in [6.07, 6.45) is 0.941. The molecule has 0 saturated heterocycles. The molecule has 0 aliphatic heterocycles. The van der Waals surface area contributed by atoms with E-state index in [-0.39, 0.29) is 5.91 Å². The van der Waals surface area contributed by atoms with E-state index < -0.39 is 0 Å². The number of carbonyl (C=O) groups is 1. The Balaban J connectivity index is 2.58. The Bertz CT molecular complexity index is 434. The summed E-state index contributed by atoms with van der Waals surface area (Å²) in [7, 11) is 0. The summed E-state index contributed by atoms with van der Waals surface area (Å²) in [5, 5.41) is 3.42. The highest BCUT2D eigenvalue weighted by molar-refractivity contribution is 14.1. The molecule has 0 aromatic heterocycles. The maximum atomic E-state index is 11.9. The average Bonchev–Trinajstić information content (AvgIpc) is 2.31. The van der Waals surface area contributed by atoms with Crippen molar-refractivity contribution in [3.8, 4) is 0 Å². The first kappa shape index (κ1) is 18.2. The third-order valence-corrected chi connectivity index (χ3v) is 5.90. The summed E-state index contributed by atoms with van der Waals surface area (Å²) >= 11 is 8.43. The van der Waals surface area contributed by atoms with E-state index in [0.29, 0.717) is 17.5 Å². The fourth-order valence-corrected chi connectivity index (χ4v) is 6.04. The highest BCUT2D eigenvalue weighted by Gasteiger charge is 2.11. The normalized spacial score (nSPS) is 12.3. The van der Waals surface area contributed by atoms with E-state index in [1.165, 1.54) is 3.57 Å². The molecule has 3 nitrogen and oxygen atoms in total. The third kappa shape index (κ3) is 6.66. The van der Waals surface area contributed by atoms with Crippen LogP contribution in [0, 0.1) is 10.7 Å². The number of rotatable bonds is 6. The Hall–Kier alpha value is 1.19. The quantitative estimate of drug-likeness (QED) is 0.478. The second-order valence-electron chi connectivity index (χ2n) is 3.99. The van der Waals surface area contributed by atoms with Gasteiger partial charge in [-0.1, -0.05) is 6.92 Å². The van der Waals surface area contributed by atoms with Crippen LogP contribution in [-0.4, -0.2) is 23.5 Å². The third-order valence-electron chi connectivity index (χ3n) is 2.34. The molecule has 0 fully saturated rings. The molecular weight excluding hydrogens is 601 g/mol. The summed E-state index contributed by atoms with van der Waals surface area (Å²) in [5.41, 5.74) is 6.41. The van der Waals surface area contributed by atoms with Crippen molar-refractivity contribution in [3.63, 3.8) is 0 Å². The first-order valence-corrected chi connectivity index (χ1v) is 9.98. The molecule has 106 valence electrons. The van der Waals surface area contributed by atoms with Crippen molar-refractivity contribution in [2.24, 2.45) is 5.73 Å². The first-order valence-electron chi connectivity index (χ1n) is 5.70. The van der Waals surface area contributed by atoms with Crippen molar-refractivity contribution in [3.05, 3.63) is 22.8 Å². The molecule has 3 N–H and O–H groups in total. The summed E-state index contributed by atoms with van der Waals surface area (Å²) in [5.74, 6) is 0.519. The Kier molecular flexibility index (Phi) is 8.89. The van der Waals surface area contributed by atoms with Crippen molar-refractivity contribution in [1.29, 1.82) is 0 Å². The number of hydrogen-bond acceptors (Lipinski definition) is 3. The van der Waals surface area contributed by atoms with Crippen molar-refractivity contribution in [2.75, 3.05) is 17.6 Å². The molecular formula is C12H15I3N2OS. The molecule has 0 radical (unpaired) electrons. The van der Waals surface area contributed by atoms with E-state index in [9.17, 15) is 4.79 Å². The molecule has 0 aliphatic carbocycles. The standard InChI is InChI=1S/C12H15I3N2OS/c1-7(2-3-16)19-6-11(18)17-12-9(14)4-8(13)5-10(12)15/h4-5,7H,2-3,6,16H2,1H3,(H,17,18). The van der Waals surface area contributed by atoms with Crippen LogP contribution >= 0.6 is 79.5 Å². The van der Waals surface area contributed by atoms with Gasteiger partial charge in [-0.25, -0.2) is 0 Å². The van der Waals surface area contributed by atoms with Crippen molar-refractivity contribution in [2.45, 2.75) is 18.6 Å². The van der Waals surface area contributed by atoms with E-state index >= 15 is 0 Å². The fraction of sp³-hybridized carbons (Fsp3) is 0.417. The molecule has 0 saturated carbocycles. The van der Waals surface area contributed by atoms with Crippen molar-refractivity contribution in [1.82, 2.24) is 0 Å². The van der Waals surface area contributed by atoms with Crippen LogP contribution in [-0.2, 0) is 4.79 Å². The summed E-state index contributed by atoms with van der Waals surface area (Å²) < 4.78 is 3.32. The minimum absolute atomic E-state index is 0.0471. The number of nitrogens with one attached hydrogen (secondary N) is 1. The predicted octanol–water partition coefficient (Wildman–Crippen LogP) is 3.91. The number of benzene rings is 1.